The van der Waals surface area contributed by atoms with Crippen LogP contribution in [0.3, 0.4) is 0 Å². The fraction of sp³-hybridized carbons (Fsp3) is 0.182. The highest BCUT2D eigenvalue weighted by atomic mass is 32.2. The van der Waals surface area contributed by atoms with Crippen molar-refractivity contribution in [2.75, 3.05) is 6.61 Å². The Balaban J connectivity index is 1.70. The van der Waals surface area contributed by atoms with Crippen LogP contribution in [0, 0.1) is 0 Å². The summed E-state index contributed by atoms with van der Waals surface area (Å²) in [4.78, 5) is 6.93. The van der Waals surface area contributed by atoms with Crippen LogP contribution in [0.15, 0.2) is 97.3 Å². The number of hydrogen-bond donors (Lipinski definition) is 0. The van der Waals surface area contributed by atoms with Crippen molar-refractivity contribution in [1.29, 1.82) is 0 Å². The summed E-state index contributed by atoms with van der Waals surface area (Å²) in [5, 5.41) is 0. The van der Waals surface area contributed by atoms with Gasteiger partial charge in [-0.3, -0.25) is 0 Å². The highest BCUT2D eigenvalue weighted by Crippen LogP contribution is 2.48. The number of hydrogen-bond acceptors (Lipinski definition) is 2. The third-order valence-electron chi connectivity index (χ3n) is 4.18. The van der Waals surface area contributed by atoms with E-state index in [9.17, 15) is 0 Å². The van der Waals surface area contributed by atoms with Gasteiger partial charge in [-0.2, -0.15) is 0 Å². The Morgan fingerprint density at radius 3 is 2.00 bits per heavy atom. The molecular formula is C22H21OS2+. The minimum absolute atomic E-state index is 0.0499. The minimum Gasteiger partial charge on any atom is -0.494 e. The Morgan fingerprint density at radius 1 is 0.800 bits per heavy atom. The minimum atomic E-state index is -0.0499. The average molecular weight is 366 g/mol. The van der Waals surface area contributed by atoms with E-state index in [0.29, 0.717) is 0 Å². The molecule has 3 aromatic carbocycles. The first-order chi connectivity index (χ1) is 12.4. The summed E-state index contributed by atoms with van der Waals surface area (Å²) in [6.07, 6.45) is 2.26. The fourth-order valence-corrected chi connectivity index (χ4v) is 6.64. The average Bonchev–Trinajstić information content (AvgIpc) is 2.67. The second-order valence-corrected chi connectivity index (χ2v) is 9.02. The van der Waals surface area contributed by atoms with Crippen LogP contribution in [0.4, 0.5) is 0 Å². The molecule has 0 unspecified atom stereocenters. The van der Waals surface area contributed by atoms with Crippen molar-refractivity contribution in [2.24, 2.45) is 0 Å². The van der Waals surface area contributed by atoms with Gasteiger partial charge in [0.25, 0.3) is 0 Å². The van der Waals surface area contributed by atoms with E-state index in [1.807, 2.05) is 11.8 Å². The summed E-state index contributed by atoms with van der Waals surface area (Å²) < 4.78 is 5.83. The van der Waals surface area contributed by atoms with Crippen LogP contribution < -0.4 is 4.74 Å². The zero-order chi connectivity index (χ0) is 17.1. The molecule has 0 bridgehead atoms. The molecule has 4 rings (SSSR count). The van der Waals surface area contributed by atoms with Gasteiger partial charge in [0.05, 0.1) is 16.4 Å². The topological polar surface area (TPSA) is 9.23 Å². The normalized spacial score (nSPS) is 13.2. The highest BCUT2D eigenvalue weighted by molar-refractivity contribution is 8.04. The number of rotatable bonds is 5. The quantitative estimate of drug-likeness (QED) is 0.298. The summed E-state index contributed by atoms with van der Waals surface area (Å²) in [7, 11) is -0.0499. The molecule has 3 heteroatoms. The van der Waals surface area contributed by atoms with Gasteiger partial charge in [-0.25, -0.2) is 0 Å². The van der Waals surface area contributed by atoms with Gasteiger partial charge in [-0.1, -0.05) is 49.4 Å². The predicted octanol–water partition coefficient (Wildman–Crippen LogP) is 6.43. The second-order valence-electron chi connectivity index (χ2n) is 5.98. The summed E-state index contributed by atoms with van der Waals surface area (Å²) in [6, 6.07) is 26.3. The van der Waals surface area contributed by atoms with Crippen molar-refractivity contribution >= 4 is 22.7 Å². The molecule has 0 aliphatic carbocycles. The molecule has 1 nitrogen and oxygen atoms in total. The lowest BCUT2D eigenvalue weighted by Crippen LogP contribution is -2.10. The van der Waals surface area contributed by atoms with Gasteiger partial charge in [0, 0.05) is 0 Å². The molecule has 0 saturated carbocycles. The maximum atomic E-state index is 5.83. The lowest BCUT2D eigenvalue weighted by Gasteiger charge is -2.18. The van der Waals surface area contributed by atoms with Crippen molar-refractivity contribution in [3.05, 3.63) is 72.8 Å². The van der Waals surface area contributed by atoms with Crippen LogP contribution >= 0.6 is 11.8 Å². The van der Waals surface area contributed by atoms with E-state index >= 15 is 0 Å². The van der Waals surface area contributed by atoms with E-state index in [4.69, 9.17) is 4.74 Å². The van der Waals surface area contributed by atoms with E-state index in [1.165, 1.54) is 24.5 Å². The molecule has 126 valence electrons. The fourth-order valence-electron chi connectivity index (χ4n) is 2.90. The Bertz CT molecular complexity index is 812. The molecule has 1 heterocycles. The number of fused-ring (bicyclic) bond motifs is 2. The van der Waals surface area contributed by atoms with Crippen LogP contribution in [-0.2, 0) is 10.9 Å². The van der Waals surface area contributed by atoms with E-state index in [2.05, 4.69) is 79.7 Å². The number of benzene rings is 3. The Morgan fingerprint density at radius 2 is 1.40 bits per heavy atom. The molecular weight excluding hydrogens is 344 g/mol. The standard InChI is InChI=1S/C22H21OS2/c1-2-3-16-23-17-12-14-18(15-13-17)25-21-10-6-4-8-19(21)24-20-9-5-7-11-22(20)25/h4-15H,2-3,16H2,1H3/q+1. The van der Waals surface area contributed by atoms with Crippen LogP contribution in [-0.4, -0.2) is 6.61 Å². The summed E-state index contributed by atoms with van der Waals surface area (Å²) in [5.41, 5.74) is 0. The van der Waals surface area contributed by atoms with Gasteiger partial charge >= 0.3 is 0 Å². The Hall–Kier alpha value is -1.84. The van der Waals surface area contributed by atoms with Crippen LogP contribution in [0.1, 0.15) is 19.8 Å². The first-order valence-electron chi connectivity index (χ1n) is 8.70. The summed E-state index contributed by atoms with van der Waals surface area (Å²) in [5.74, 6) is 0.966. The molecule has 0 fully saturated rings. The summed E-state index contributed by atoms with van der Waals surface area (Å²) in [6.45, 7) is 2.98. The molecule has 25 heavy (non-hydrogen) atoms. The van der Waals surface area contributed by atoms with Crippen LogP contribution in [0.25, 0.3) is 0 Å². The molecule has 0 spiro atoms. The monoisotopic (exact) mass is 365 g/mol. The van der Waals surface area contributed by atoms with Crippen molar-refractivity contribution in [3.8, 4) is 5.75 Å². The third kappa shape index (κ3) is 3.44. The first-order valence-corrected chi connectivity index (χ1v) is 10.7. The van der Waals surface area contributed by atoms with Crippen LogP contribution in [0.2, 0.25) is 0 Å². The largest absolute Gasteiger partial charge is 0.494 e. The maximum Gasteiger partial charge on any atom is 0.180 e. The SMILES string of the molecule is CCCCOc1ccc([S+]2c3ccccc3Sc3ccccc32)cc1. The molecule has 0 radical (unpaired) electrons. The van der Waals surface area contributed by atoms with Crippen LogP contribution in [0.5, 0.6) is 5.75 Å². The van der Waals surface area contributed by atoms with E-state index in [0.717, 1.165) is 25.2 Å². The van der Waals surface area contributed by atoms with E-state index in [1.54, 1.807) is 0 Å². The second kappa shape index (κ2) is 7.59. The van der Waals surface area contributed by atoms with E-state index < -0.39 is 0 Å². The van der Waals surface area contributed by atoms with Gasteiger partial charge in [0.1, 0.15) is 16.6 Å². The van der Waals surface area contributed by atoms with Gasteiger partial charge in [-0.15, -0.1) is 0 Å². The molecule has 1 aliphatic heterocycles. The smallest absolute Gasteiger partial charge is 0.180 e. The van der Waals surface area contributed by atoms with Crippen molar-refractivity contribution in [2.45, 2.75) is 44.2 Å². The highest BCUT2D eigenvalue weighted by Gasteiger charge is 2.37. The van der Waals surface area contributed by atoms with E-state index in [-0.39, 0.29) is 10.9 Å². The predicted molar refractivity (Wildman–Crippen MR) is 106 cm³/mol. The van der Waals surface area contributed by atoms with Gasteiger partial charge in [-0.05, 0) is 55.0 Å². The van der Waals surface area contributed by atoms with Gasteiger partial charge < -0.3 is 4.74 Å². The number of ether oxygens (including phenoxy) is 1. The molecule has 3 aromatic rings. The lowest BCUT2D eigenvalue weighted by molar-refractivity contribution is 0.309. The first kappa shape index (κ1) is 16.6. The van der Waals surface area contributed by atoms with Crippen molar-refractivity contribution in [3.63, 3.8) is 0 Å². The molecule has 0 aromatic heterocycles. The van der Waals surface area contributed by atoms with Gasteiger partial charge in [0.2, 0.25) is 0 Å². The Labute approximate surface area is 156 Å². The molecule has 0 N–H and O–H groups in total. The lowest BCUT2D eigenvalue weighted by atomic mass is 10.3. The molecule has 0 atom stereocenters. The Kier molecular flexibility index (Phi) is 5.04. The van der Waals surface area contributed by atoms with Gasteiger partial charge in [0.15, 0.2) is 14.7 Å². The molecule has 0 saturated heterocycles. The van der Waals surface area contributed by atoms with Crippen molar-refractivity contribution in [1.82, 2.24) is 0 Å². The third-order valence-corrected chi connectivity index (χ3v) is 7.93. The molecule has 0 amide bonds. The maximum absolute atomic E-state index is 5.83. The zero-order valence-electron chi connectivity index (χ0n) is 14.3. The molecule has 1 aliphatic rings. The zero-order valence-corrected chi connectivity index (χ0v) is 15.9. The number of unbranched alkanes of at least 4 members (excludes halogenated alkanes) is 1. The van der Waals surface area contributed by atoms with Crippen molar-refractivity contribution < 1.29 is 4.74 Å². The summed E-state index contributed by atoms with van der Waals surface area (Å²) >= 11 is 1.88.